The quantitative estimate of drug-likeness (QED) is 0.884. The van der Waals surface area contributed by atoms with E-state index in [0.29, 0.717) is 11.4 Å². The number of fused-ring (bicyclic) bond motifs is 1. The summed E-state index contributed by atoms with van der Waals surface area (Å²) >= 11 is 7.44. The third-order valence-electron chi connectivity index (χ3n) is 3.06. The molecule has 4 heteroatoms. The van der Waals surface area contributed by atoms with Gasteiger partial charge in [-0.05, 0) is 35.2 Å². The first kappa shape index (κ1) is 13.3. The van der Waals surface area contributed by atoms with Crippen molar-refractivity contribution in [2.45, 2.75) is 11.3 Å². The van der Waals surface area contributed by atoms with Crippen molar-refractivity contribution in [2.75, 3.05) is 5.32 Å². The van der Waals surface area contributed by atoms with Gasteiger partial charge >= 0.3 is 0 Å². The van der Waals surface area contributed by atoms with Crippen molar-refractivity contribution in [3.8, 4) is 0 Å². The fourth-order valence-electron chi connectivity index (χ4n) is 2.01. The van der Waals surface area contributed by atoms with Crippen molar-refractivity contribution in [3.05, 3.63) is 70.1 Å². The van der Waals surface area contributed by atoms with Crippen LogP contribution >= 0.6 is 23.4 Å². The Bertz CT molecular complexity index is 679. The molecule has 0 saturated carbocycles. The molecule has 2 aromatic carbocycles. The van der Waals surface area contributed by atoms with Crippen LogP contribution in [-0.2, 0) is 11.2 Å². The molecule has 0 radical (unpaired) electrons. The number of hydrogen-bond acceptors (Lipinski definition) is 2. The molecule has 3 rings (SSSR count). The first-order chi connectivity index (χ1) is 9.72. The molecule has 1 aliphatic rings. The van der Waals surface area contributed by atoms with Gasteiger partial charge in [0.15, 0.2) is 0 Å². The lowest BCUT2D eigenvalue weighted by Crippen LogP contribution is -2.15. The van der Waals surface area contributed by atoms with E-state index in [4.69, 9.17) is 11.6 Å². The van der Waals surface area contributed by atoms with Crippen LogP contribution in [0.1, 0.15) is 5.56 Å². The van der Waals surface area contributed by atoms with Crippen molar-refractivity contribution in [2.24, 2.45) is 0 Å². The monoisotopic (exact) mass is 301 g/mol. The van der Waals surface area contributed by atoms with Gasteiger partial charge < -0.3 is 5.32 Å². The molecule has 0 atom stereocenters. The number of thioether (sulfide) groups is 1. The molecule has 20 heavy (non-hydrogen) atoms. The van der Waals surface area contributed by atoms with Crippen LogP contribution in [0.3, 0.4) is 0 Å². The average Bonchev–Trinajstić information content (AvgIpc) is 2.61. The molecule has 1 amide bonds. The zero-order chi connectivity index (χ0) is 13.9. The number of rotatable bonds is 2. The number of carbonyl (C=O) groups is 1. The topological polar surface area (TPSA) is 29.1 Å². The van der Waals surface area contributed by atoms with Crippen LogP contribution in [0.2, 0.25) is 5.02 Å². The molecule has 0 spiro atoms. The Kier molecular flexibility index (Phi) is 3.81. The van der Waals surface area contributed by atoms with E-state index in [-0.39, 0.29) is 5.91 Å². The van der Waals surface area contributed by atoms with E-state index in [0.717, 1.165) is 21.7 Å². The molecule has 0 saturated heterocycles. The van der Waals surface area contributed by atoms with Gasteiger partial charge in [-0.2, -0.15) is 0 Å². The van der Waals surface area contributed by atoms with Gasteiger partial charge in [0.25, 0.3) is 5.91 Å². The van der Waals surface area contributed by atoms with Crippen molar-refractivity contribution in [1.82, 2.24) is 0 Å². The number of carbonyl (C=O) groups excluding carboxylic acids is 1. The Hall–Kier alpha value is -1.71. The third-order valence-corrected chi connectivity index (χ3v) is 4.33. The second kappa shape index (κ2) is 5.73. The number of para-hydroxylation sites is 1. The molecular weight excluding hydrogens is 290 g/mol. The molecule has 0 fully saturated rings. The highest BCUT2D eigenvalue weighted by molar-refractivity contribution is 8.02. The van der Waals surface area contributed by atoms with Gasteiger partial charge in [-0.3, -0.25) is 4.79 Å². The van der Waals surface area contributed by atoms with Crippen LogP contribution in [0.15, 0.2) is 64.4 Å². The highest BCUT2D eigenvalue weighted by Crippen LogP contribution is 2.32. The maximum Gasteiger partial charge on any atom is 0.252 e. The van der Waals surface area contributed by atoms with Crippen molar-refractivity contribution < 1.29 is 4.79 Å². The summed E-state index contributed by atoms with van der Waals surface area (Å²) in [5.41, 5.74) is 2.70. The van der Waals surface area contributed by atoms with E-state index in [1.54, 1.807) is 11.8 Å². The molecule has 2 nitrogen and oxygen atoms in total. The fourth-order valence-corrected chi connectivity index (χ4v) is 3.00. The van der Waals surface area contributed by atoms with Crippen molar-refractivity contribution in [3.63, 3.8) is 0 Å². The summed E-state index contributed by atoms with van der Waals surface area (Å²) in [5.74, 6) is -0.0441. The standard InChI is InChI=1S/C16H12ClNOS/c17-13-7-5-11(6-8-13)9-12-10-20-15-4-2-1-3-14(15)18-16(12)19/h1-8,10H,9H2,(H,18,19). The number of amides is 1. The number of hydrogen-bond donors (Lipinski definition) is 1. The Morgan fingerprint density at radius 2 is 1.80 bits per heavy atom. The lowest BCUT2D eigenvalue weighted by molar-refractivity contribution is -0.112. The normalized spacial score (nSPS) is 14.1. The van der Waals surface area contributed by atoms with Crippen LogP contribution in [0.5, 0.6) is 0 Å². The number of benzene rings is 2. The molecule has 1 aliphatic heterocycles. The minimum Gasteiger partial charge on any atom is -0.321 e. The van der Waals surface area contributed by atoms with E-state index in [9.17, 15) is 4.79 Å². The SMILES string of the molecule is O=C1Nc2ccccc2SC=C1Cc1ccc(Cl)cc1. The summed E-state index contributed by atoms with van der Waals surface area (Å²) in [6.45, 7) is 0. The van der Waals surface area contributed by atoms with Gasteiger partial charge in [-0.25, -0.2) is 0 Å². The summed E-state index contributed by atoms with van der Waals surface area (Å²) < 4.78 is 0. The lowest BCUT2D eigenvalue weighted by atomic mass is 10.1. The molecule has 0 aromatic heterocycles. The number of anilines is 1. The molecule has 100 valence electrons. The zero-order valence-corrected chi connectivity index (χ0v) is 12.2. The lowest BCUT2D eigenvalue weighted by Gasteiger charge is -2.07. The highest BCUT2D eigenvalue weighted by Gasteiger charge is 2.16. The summed E-state index contributed by atoms with van der Waals surface area (Å²) in [6.07, 6.45) is 0.601. The van der Waals surface area contributed by atoms with Gasteiger partial charge in [-0.1, -0.05) is 47.6 Å². The van der Waals surface area contributed by atoms with E-state index in [2.05, 4.69) is 5.32 Å². The maximum absolute atomic E-state index is 12.2. The largest absolute Gasteiger partial charge is 0.321 e. The molecule has 0 bridgehead atoms. The van der Waals surface area contributed by atoms with Crippen LogP contribution in [0, 0.1) is 0 Å². The Morgan fingerprint density at radius 1 is 1.05 bits per heavy atom. The molecule has 2 aromatic rings. The van der Waals surface area contributed by atoms with Gasteiger partial charge in [0.2, 0.25) is 0 Å². The molecule has 0 unspecified atom stereocenters. The van der Waals surface area contributed by atoms with Gasteiger partial charge in [0.1, 0.15) is 0 Å². The number of nitrogens with one attached hydrogen (secondary N) is 1. The number of halogens is 1. The minimum absolute atomic E-state index is 0.0441. The Labute approximate surface area is 126 Å². The van der Waals surface area contributed by atoms with Crippen LogP contribution in [0.25, 0.3) is 0 Å². The van der Waals surface area contributed by atoms with E-state index >= 15 is 0 Å². The summed E-state index contributed by atoms with van der Waals surface area (Å²) in [7, 11) is 0. The highest BCUT2D eigenvalue weighted by atomic mass is 35.5. The van der Waals surface area contributed by atoms with E-state index in [1.165, 1.54) is 0 Å². The first-order valence-electron chi connectivity index (χ1n) is 6.23. The first-order valence-corrected chi connectivity index (χ1v) is 7.49. The van der Waals surface area contributed by atoms with Gasteiger partial charge in [-0.15, -0.1) is 0 Å². The van der Waals surface area contributed by atoms with Gasteiger partial charge in [0, 0.05) is 21.9 Å². The fraction of sp³-hybridized carbons (Fsp3) is 0.0625. The van der Waals surface area contributed by atoms with Crippen molar-refractivity contribution in [1.29, 1.82) is 0 Å². The molecule has 1 heterocycles. The molecule has 1 N–H and O–H groups in total. The van der Waals surface area contributed by atoms with Gasteiger partial charge in [0.05, 0.1) is 5.69 Å². The minimum atomic E-state index is -0.0441. The second-order valence-electron chi connectivity index (χ2n) is 4.51. The van der Waals surface area contributed by atoms with Crippen LogP contribution in [0.4, 0.5) is 5.69 Å². The van der Waals surface area contributed by atoms with E-state index in [1.807, 2.05) is 53.9 Å². The van der Waals surface area contributed by atoms with Crippen LogP contribution in [-0.4, -0.2) is 5.91 Å². The summed E-state index contributed by atoms with van der Waals surface area (Å²) in [5, 5.41) is 5.58. The Balaban J connectivity index is 1.83. The van der Waals surface area contributed by atoms with Crippen LogP contribution < -0.4 is 5.32 Å². The maximum atomic E-state index is 12.2. The summed E-state index contributed by atoms with van der Waals surface area (Å²) in [4.78, 5) is 13.3. The predicted octanol–water partition coefficient (Wildman–Crippen LogP) is 4.51. The van der Waals surface area contributed by atoms with Crippen molar-refractivity contribution >= 4 is 35.0 Å². The molecular formula is C16H12ClNOS. The average molecular weight is 302 g/mol. The zero-order valence-electron chi connectivity index (χ0n) is 10.6. The van der Waals surface area contributed by atoms with E-state index < -0.39 is 0 Å². The Morgan fingerprint density at radius 3 is 2.60 bits per heavy atom. The smallest absolute Gasteiger partial charge is 0.252 e. The third kappa shape index (κ3) is 2.89. The predicted molar refractivity (Wildman–Crippen MR) is 84.2 cm³/mol. The summed E-state index contributed by atoms with van der Waals surface area (Å²) in [6, 6.07) is 15.4. The second-order valence-corrected chi connectivity index (χ2v) is 5.86. The molecule has 0 aliphatic carbocycles.